The van der Waals surface area contributed by atoms with Crippen LogP contribution in [0.25, 0.3) is 0 Å². The highest BCUT2D eigenvalue weighted by Gasteiger charge is 2.09. The lowest BCUT2D eigenvalue weighted by atomic mass is 10.4. The number of hydrogen-bond donors (Lipinski definition) is 1. The van der Waals surface area contributed by atoms with Gasteiger partial charge in [0.05, 0.1) is 22.6 Å². The second-order valence-electron chi connectivity index (χ2n) is 2.73. The van der Waals surface area contributed by atoms with E-state index in [1.165, 1.54) is 12.4 Å². The van der Waals surface area contributed by atoms with Gasteiger partial charge in [0, 0.05) is 0 Å². The number of pyridine rings is 1. The number of amides is 1. The summed E-state index contributed by atoms with van der Waals surface area (Å²) in [5, 5.41) is 6.58. The van der Waals surface area contributed by atoms with Crippen molar-refractivity contribution in [3.8, 4) is 0 Å². The number of nitrogens with one attached hydrogen (secondary N) is 1. The maximum absolute atomic E-state index is 11.6. The molecule has 16 heavy (non-hydrogen) atoms. The molecule has 0 saturated heterocycles. The van der Waals surface area contributed by atoms with Crippen molar-refractivity contribution in [2.45, 2.75) is 0 Å². The number of nitrogens with zero attached hydrogens (tertiary/aromatic N) is 3. The van der Waals surface area contributed by atoms with Crippen molar-refractivity contribution in [3.63, 3.8) is 0 Å². The summed E-state index contributed by atoms with van der Waals surface area (Å²) in [7, 11) is 0. The summed E-state index contributed by atoms with van der Waals surface area (Å²) in [6.45, 7) is 0. The normalized spacial score (nSPS) is 10.1. The van der Waals surface area contributed by atoms with Gasteiger partial charge in [-0.15, -0.1) is 5.10 Å². The first-order valence-electron chi connectivity index (χ1n) is 4.06. The molecular weight excluding hydrogens is 316 g/mol. The first-order valence-corrected chi connectivity index (χ1v) is 6.01. The zero-order valence-corrected chi connectivity index (χ0v) is 10.8. The molecule has 0 fully saturated rings. The van der Waals surface area contributed by atoms with Crippen molar-refractivity contribution < 1.29 is 4.79 Å². The second kappa shape index (κ2) is 4.86. The van der Waals surface area contributed by atoms with Crippen LogP contribution in [0.2, 0.25) is 5.15 Å². The Balaban J connectivity index is 2.15. The SMILES string of the molecule is O=C(Nc1cnc(Cl)c(Br)c1)c1cnns1. The predicted molar refractivity (Wildman–Crippen MR) is 64.8 cm³/mol. The fourth-order valence-electron chi connectivity index (χ4n) is 0.949. The Morgan fingerprint density at radius 2 is 2.31 bits per heavy atom. The highest BCUT2D eigenvalue weighted by Crippen LogP contribution is 2.23. The van der Waals surface area contributed by atoms with Crippen LogP contribution in [0, 0.1) is 0 Å². The monoisotopic (exact) mass is 318 g/mol. The van der Waals surface area contributed by atoms with Gasteiger partial charge in [-0.25, -0.2) is 4.98 Å². The van der Waals surface area contributed by atoms with Crippen LogP contribution in [-0.4, -0.2) is 20.5 Å². The predicted octanol–water partition coefficient (Wildman–Crippen LogP) is 2.60. The zero-order chi connectivity index (χ0) is 11.5. The molecule has 0 spiro atoms. The highest BCUT2D eigenvalue weighted by molar-refractivity contribution is 9.10. The van der Waals surface area contributed by atoms with Crippen molar-refractivity contribution in [1.29, 1.82) is 0 Å². The summed E-state index contributed by atoms with van der Waals surface area (Å²) in [6.07, 6.45) is 2.87. The first-order chi connectivity index (χ1) is 7.66. The van der Waals surface area contributed by atoms with E-state index in [4.69, 9.17) is 11.6 Å². The Bertz CT molecular complexity index is 519. The molecule has 8 heteroatoms. The van der Waals surface area contributed by atoms with Crippen molar-refractivity contribution in [2.75, 3.05) is 5.32 Å². The largest absolute Gasteiger partial charge is 0.320 e. The van der Waals surface area contributed by atoms with Gasteiger partial charge in [0.15, 0.2) is 0 Å². The molecule has 1 N–H and O–H groups in total. The van der Waals surface area contributed by atoms with Gasteiger partial charge in [0.2, 0.25) is 0 Å². The molecular formula is C8H4BrClN4OS. The minimum atomic E-state index is -0.272. The molecule has 0 aliphatic heterocycles. The summed E-state index contributed by atoms with van der Waals surface area (Å²) < 4.78 is 4.22. The van der Waals surface area contributed by atoms with Gasteiger partial charge >= 0.3 is 0 Å². The van der Waals surface area contributed by atoms with Crippen LogP contribution in [0.4, 0.5) is 5.69 Å². The van der Waals surface area contributed by atoms with E-state index in [0.717, 1.165) is 11.5 Å². The molecule has 82 valence electrons. The van der Waals surface area contributed by atoms with E-state index in [1.54, 1.807) is 6.07 Å². The first kappa shape index (κ1) is 11.4. The standard InChI is InChI=1S/C8H4BrClN4OS/c9-5-1-4(2-11-7(5)10)13-8(15)6-3-12-14-16-6/h1-3H,(H,13,15). The number of halogens is 2. The lowest BCUT2D eigenvalue weighted by Crippen LogP contribution is -2.10. The summed E-state index contributed by atoms with van der Waals surface area (Å²) >= 11 is 9.97. The van der Waals surface area contributed by atoms with Crippen LogP contribution < -0.4 is 5.32 Å². The number of anilines is 1. The summed E-state index contributed by atoms with van der Waals surface area (Å²) in [4.78, 5) is 15.9. The summed E-state index contributed by atoms with van der Waals surface area (Å²) in [6, 6.07) is 1.67. The lowest BCUT2D eigenvalue weighted by Gasteiger charge is -2.03. The van der Waals surface area contributed by atoms with Crippen molar-refractivity contribution in [2.24, 2.45) is 0 Å². The number of aromatic nitrogens is 3. The molecule has 0 aromatic carbocycles. The second-order valence-corrected chi connectivity index (χ2v) is 4.73. The molecule has 0 aliphatic carbocycles. The van der Waals surface area contributed by atoms with E-state index in [1.807, 2.05) is 0 Å². The molecule has 2 heterocycles. The third-order valence-corrected chi connectivity index (χ3v) is 3.44. The third kappa shape index (κ3) is 2.55. The summed E-state index contributed by atoms with van der Waals surface area (Å²) in [5.41, 5.74) is 0.551. The molecule has 0 radical (unpaired) electrons. The number of carbonyl (C=O) groups excluding carboxylic acids is 1. The average Bonchev–Trinajstić information content (AvgIpc) is 2.77. The maximum Gasteiger partial charge on any atom is 0.269 e. The van der Waals surface area contributed by atoms with Crippen LogP contribution in [0.15, 0.2) is 22.9 Å². The van der Waals surface area contributed by atoms with Gasteiger partial charge in [-0.2, -0.15) is 0 Å². The molecule has 2 rings (SSSR count). The van der Waals surface area contributed by atoms with Crippen molar-refractivity contribution >= 4 is 50.7 Å². The Morgan fingerprint density at radius 1 is 1.50 bits per heavy atom. The van der Waals surface area contributed by atoms with Gasteiger partial charge in [0.25, 0.3) is 5.91 Å². The van der Waals surface area contributed by atoms with Crippen LogP contribution in [-0.2, 0) is 0 Å². The van der Waals surface area contributed by atoms with Gasteiger partial charge in [-0.1, -0.05) is 16.1 Å². The highest BCUT2D eigenvalue weighted by atomic mass is 79.9. The van der Waals surface area contributed by atoms with Crippen LogP contribution >= 0.6 is 39.1 Å². The fourth-order valence-corrected chi connectivity index (χ4v) is 1.81. The van der Waals surface area contributed by atoms with Gasteiger partial charge in [0.1, 0.15) is 10.0 Å². The molecule has 1 amide bonds. The number of rotatable bonds is 2. The Hall–Kier alpha value is -1.05. The van der Waals surface area contributed by atoms with Gasteiger partial charge in [-0.3, -0.25) is 4.79 Å². The Morgan fingerprint density at radius 3 is 2.94 bits per heavy atom. The molecule has 0 atom stereocenters. The lowest BCUT2D eigenvalue weighted by molar-refractivity contribution is 0.103. The van der Waals surface area contributed by atoms with Crippen LogP contribution in [0.5, 0.6) is 0 Å². The fraction of sp³-hybridized carbons (Fsp3) is 0. The van der Waals surface area contributed by atoms with Gasteiger partial charge < -0.3 is 5.32 Å². The number of hydrogen-bond acceptors (Lipinski definition) is 5. The van der Waals surface area contributed by atoms with Gasteiger partial charge in [-0.05, 0) is 33.5 Å². The van der Waals surface area contributed by atoms with Crippen molar-refractivity contribution in [1.82, 2.24) is 14.6 Å². The van der Waals surface area contributed by atoms with E-state index >= 15 is 0 Å². The van der Waals surface area contributed by atoms with E-state index in [0.29, 0.717) is 20.2 Å². The molecule has 0 unspecified atom stereocenters. The van der Waals surface area contributed by atoms with Crippen LogP contribution in [0.1, 0.15) is 9.67 Å². The van der Waals surface area contributed by atoms with Crippen LogP contribution in [0.3, 0.4) is 0 Å². The molecule has 2 aromatic heterocycles. The minimum absolute atomic E-state index is 0.272. The zero-order valence-electron chi connectivity index (χ0n) is 7.65. The Kier molecular flexibility index (Phi) is 3.47. The molecule has 5 nitrogen and oxygen atoms in total. The van der Waals surface area contributed by atoms with E-state index in [-0.39, 0.29) is 5.91 Å². The molecule has 0 aliphatic rings. The molecule has 0 bridgehead atoms. The van der Waals surface area contributed by atoms with E-state index in [2.05, 4.69) is 35.8 Å². The molecule has 2 aromatic rings. The number of carbonyl (C=O) groups is 1. The van der Waals surface area contributed by atoms with E-state index in [9.17, 15) is 4.79 Å². The van der Waals surface area contributed by atoms with E-state index < -0.39 is 0 Å². The third-order valence-electron chi connectivity index (χ3n) is 1.64. The average molecular weight is 320 g/mol. The molecule has 0 saturated carbocycles. The minimum Gasteiger partial charge on any atom is -0.320 e. The topological polar surface area (TPSA) is 67.8 Å². The Labute approximate surface area is 108 Å². The summed E-state index contributed by atoms with van der Waals surface area (Å²) in [5.74, 6) is -0.272. The smallest absolute Gasteiger partial charge is 0.269 e. The quantitative estimate of drug-likeness (QED) is 0.864. The van der Waals surface area contributed by atoms with Crippen molar-refractivity contribution in [3.05, 3.63) is 33.0 Å². The maximum atomic E-state index is 11.6.